The first kappa shape index (κ1) is 22.0. The van der Waals surface area contributed by atoms with Crippen LogP contribution in [-0.2, 0) is 20.8 Å². The molecule has 32 heavy (non-hydrogen) atoms. The van der Waals surface area contributed by atoms with E-state index in [-0.39, 0.29) is 30.4 Å². The van der Waals surface area contributed by atoms with Gasteiger partial charge in [-0.05, 0) is 51.7 Å². The van der Waals surface area contributed by atoms with Crippen LogP contribution in [0.2, 0.25) is 0 Å². The highest BCUT2D eigenvalue weighted by Gasteiger charge is 2.27. The summed E-state index contributed by atoms with van der Waals surface area (Å²) in [6.07, 6.45) is 2.90. The third-order valence-electron chi connectivity index (χ3n) is 5.97. The summed E-state index contributed by atoms with van der Waals surface area (Å²) in [6.45, 7) is 8.19. The number of hydrogen-bond donors (Lipinski definition) is 0. The fourth-order valence-electron chi connectivity index (χ4n) is 4.33. The van der Waals surface area contributed by atoms with Crippen LogP contribution in [0.5, 0.6) is 0 Å². The van der Waals surface area contributed by atoms with E-state index in [0.717, 1.165) is 24.0 Å². The van der Waals surface area contributed by atoms with Crippen LogP contribution in [0.3, 0.4) is 0 Å². The van der Waals surface area contributed by atoms with Crippen LogP contribution in [0.4, 0.5) is 0 Å². The molecule has 4 rings (SSSR count). The van der Waals surface area contributed by atoms with Gasteiger partial charge in [0.1, 0.15) is 6.04 Å². The fourth-order valence-corrected chi connectivity index (χ4v) is 4.33. The van der Waals surface area contributed by atoms with Crippen molar-refractivity contribution in [1.82, 2.24) is 18.7 Å². The average molecular weight is 441 g/mol. The molecule has 1 aliphatic heterocycles. The van der Waals surface area contributed by atoms with Gasteiger partial charge in [0.05, 0.1) is 31.3 Å². The molecule has 0 saturated carbocycles. The van der Waals surface area contributed by atoms with Crippen molar-refractivity contribution in [1.29, 1.82) is 0 Å². The molecule has 3 heterocycles. The Hall–Kier alpha value is -3.20. The first-order chi connectivity index (χ1) is 15.3. The minimum Gasteiger partial charge on any atom is -0.464 e. The van der Waals surface area contributed by atoms with Crippen molar-refractivity contribution in [2.45, 2.75) is 59.2 Å². The molecule has 0 radical (unpaired) electrons. The number of para-hydroxylation sites is 1. The number of aryl methyl sites for hydroxylation is 2. The van der Waals surface area contributed by atoms with Crippen molar-refractivity contribution in [2.24, 2.45) is 0 Å². The van der Waals surface area contributed by atoms with Gasteiger partial charge in [0, 0.05) is 6.61 Å². The highest BCUT2D eigenvalue weighted by molar-refractivity contribution is 5.79. The van der Waals surface area contributed by atoms with Crippen molar-refractivity contribution < 1.29 is 14.3 Å². The number of imidazole rings is 1. The van der Waals surface area contributed by atoms with E-state index >= 15 is 0 Å². The molecule has 1 saturated heterocycles. The monoisotopic (exact) mass is 440 g/mol. The summed E-state index contributed by atoms with van der Waals surface area (Å²) < 4.78 is 15.0. The van der Waals surface area contributed by atoms with Gasteiger partial charge < -0.3 is 14.0 Å². The quantitative estimate of drug-likeness (QED) is 0.546. The summed E-state index contributed by atoms with van der Waals surface area (Å²) in [7, 11) is 0. The van der Waals surface area contributed by atoms with Crippen molar-refractivity contribution >= 4 is 17.1 Å². The standard InChI is InChI=1S/C23H28N4O5/c1-5-31-22(29)16(4)26-13-24-20-19(26)21(28)25(12-17-10-7-11-32-17)23(30)27(20)18-14(2)8-6-9-15(18)3/h6,8-9,13,16-17H,5,7,10-12H2,1-4H3. The lowest BCUT2D eigenvalue weighted by molar-refractivity contribution is -0.146. The van der Waals surface area contributed by atoms with Gasteiger partial charge in [-0.15, -0.1) is 0 Å². The largest absolute Gasteiger partial charge is 0.464 e. The molecule has 0 bridgehead atoms. The van der Waals surface area contributed by atoms with E-state index in [9.17, 15) is 14.4 Å². The van der Waals surface area contributed by atoms with Crippen LogP contribution >= 0.6 is 0 Å². The molecule has 1 aliphatic rings. The Bertz CT molecular complexity index is 1260. The normalized spacial score (nSPS) is 17.1. The van der Waals surface area contributed by atoms with Crippen molar-refractivity contribution in [3.8, 4) is 5.69 Å². The number of benzene rings is 1. The molecule has 3 aromatic rings. The Balaban J connectivity index is 2.03. The Morgan fingerprint density at radius 1 is 1.28 bits per heavy atom. The van der Waals surface area contributed by atoms with Crippen LogP contribution < -0.4 is 11.2 Å². The van der Waals surface area contributed by atoms with Gasteiger partial charge in [-0.3, -0.25) is 9.36 Å². The van der Waals surface area contributed by atoms with E-state index < -0.39 is 23.3 Å². The second-order valence-corrected chi connectivity index (χ2v) is 8.16. The molecule has 9 nitrogen and oxygen atoms in total. The van der Waals surface area contributed by atoms with E-state index in [1.807, 2.05) is 32.0 Å². The van der Waals surface area contributed by atoms with Gasteiger partial charge in [-0.25, -0.2) is 19.1 Å². The van der Waals surface area contributed by atoms with Crippen LogP contribution in [0.25, 0.3) is 16.9 Å². The molecule has 0 aliphatic carbocycles. The summed E-state index contributed by atoms with van der Waals surface area (Å²) in [5.41, 5.74) is 1.88. The zero-order chi connectivity index (χ0) is 23.0. The Labute approximate surface area is 185 Å². The summed E-state index contributed by atoms with van der Waals surface area (Å²) in [5.74, 6) is -0.471. The number of esters is 1. The number of ether oxygens (including phenoxy) is 2. The third kappa shape index (κ3) is 3.66. The van der Waals surface area contributed by atoms with Gasteiger partial charge in [0.2, 0.25) is 0 Å². The molecule has 1 fully saturated rings. The lowest BCUT2D eigenvalue weighted by Gasteiger charge is -2.18. The van der Waals surface area contributed by atoms with E-state index in [1.165, 1.54) is 20.0 Å². The second kappa shape index (κ2) is 8.74. The number of rotatable bonds is 6. The maximum atomic E-state index is 13.6. The van der Waals surface area contributed by atoms with Gasteiger partial charge in [-0.1, -0.05) is 18.2 Å². The number of carbonyl (C=O) groups excluding carboxylic acids is 1. The third-order valence-corrected chi connectivity index (χ3v) is 5.97. The van der Waals surface area contributed by atoms with E-state index in [0.29, 0.717) is 12.3 Å². The topological polar surface area (TPSA) is 97.4 Å². The molecule has 2 atom stereocenters. The number of fused-ring (bicyclic) bond motifs is 1. The van der Waals surface area contributed by atoms with Crippen LogP contribution in [0, 0.1) is 13.8 Å². The molecule has 9 heteroatoms. The van der Waals surface area contributed by atoms with Gasteiger partial charge in [0.15, 0.2) is 11.2 Å². The van der Waals surface area contributed by atoms with Crippen molar-refractivity contribution in [2.75, 3.05) is 13.2 Å². The Morgan fingerprint density at radius 2 is 2.00 bits per heavy atom. The predicted octanol–water partition coefficient (Wildman–Crippen LogP) is 2.27. The van der Waals surface area contributed by atoms with Crippen molar-refractivity contribution in [3.63, 3.8) is 0 Å². The molecular weight excluding hydrogens is 412 g/mol. The highest BCUT2D eigenvalue weighted by atomic mass is 16.5. The van der Waals surface area contributed by atoms with Crippen molar-refractivity contribution in [3.05, 3.63) is 56.5 Å². The van der Waals surface area contributed by atoms with E-state index in [1.54, 1.807) is 13.8 Å². The molecule has 0 amide bonds. The molecule has 170 valence electrons. The lowest BCUT2D eigenvalue weighted by Crippen LogP contribution is -2.43. The first-order valence-electron chi connectivity index (χ1n) is 10.9. The number of nitrogens with zero attached hydrogens (tertiary/aromatic N) is 4. The number of hydrogen-bond acceptors (Lipinski definition) is 6. The lowest BCUT2D eigenvalue weighted by atomic mass is 10.1. The number of carbonyl (C=O) groups is 1. The van der Waals surface area contributed by atoms with Gasteiger partial charge in [0.25, 0.3) is 5.56 Å². The molecular formula is C23H28N4O5. The van der Waals surface area contributed by atoms with Gasteiger partial charge in [-0.2, -0.15) is 0 Å². The fraction of sp³-hybridized carbons (Fsp3) is 0.478. The zero-order valence-corrected chi connectivity index (χ0v) is 18.8. The maximum Gasteiger partial charge on any atom is 0.337 e. The van der Waals surface area contributed by atoms with Gasteiger partial charge >= 0.3 is 11.7 Å². The molecule has 1 aromatic carbocycles. The van der Waals surface area contributed by atoms with E-state index in [2.05, 4.69) is 4.98 Å². The van der Waals surface area contributed by atoms with Crippen LogP contribution in [0.15, 0.2) is 34.1 Å². The molecule has 0 spiro atoms. The summed E-state index contributed by atoms with van der Waals surface area (Å²) >= 11 is 0. The SMILES string of the molecule is CCOC(=O)C(C)n1cnc2c1c(=O)n(CC1CCCO1)c(=O)n2-c1c(C)cccc1C. The average Bonchev–Trinajstić information content (AvgIpc) is 3.43. The minimum atomic E-state index is -0.771. The molecule has 2 aromatic heterocycles. The smallest absolute Gasteiger partial charge is 0.337 e. The maximum absolute atomic E-state index is 13.6. The summed E-state index contributed by atoms with van der Waals surface area (Å²) in [4.78, 5) is 44.0. The molecule has 0 N–H and O–H groups in total. The summed E-state index contributed by atoms with van der Waals surface area (Å²) in [5, 5.41) is 0. The molecule has 2 unspecified atom stereocenters. The zero-order valence-electron chi connectivity index (χ0n) is 18.8. The second-order valence-electron chi connectivity index (χ2n) is 8.16. The predicted molar refractivity (Wildman–Crippen MR) is 119 cm³/mol. The Kier molecular flexibility index (Phi) is 6.01. The van der Waals surface area contributed by atoms with Crippen LogP contribution in [-0.4, -0.2) is 44.0 Å². The van der Waals surface area contributed by atoms with Crippen LogP contribution in [0.1, 0.15) is 43.9 Å². The van der Waals surface area contributed by atoms with E-state index in [4.69, 9.17) is 9.47 Å². The first-order valence-corrected chi connectivity index (χ1v) is 10.9. The summed E-state index contributed by atoms with van der Waals surface area (Å²) in [6, 6.07) is 4.97. The highest BCUT2D eigenvalue weighted by Crippen LogP contribution is 2.23. The Morgan fingerprint density at radius 3 is 2.62 bits per heavy atom. The number of aromatic nitrogens is 4. The minimum absolute atomic E-state index is 0.150.